The Morgan fingerprint density at radius 2 is 1.88 bits per heavy atom. The van der Waals surface area contributed by atoms with Crippen LogP contribution in [0, 0.1) is 0 Å². The molecule has 0 saturated carbocycles. The number of ether oxygens (including phenoxy) is 2. The topological polar surface area (TPSA) is 62.8 Å². The summed E-state index contributed by atoms with van der Waals surface area (Å²) in [6.45, 7) is 5.37. The van der Waals surface area contributed by atoms with Gasteiger partial charge in [-0.05, 0) is 36.1 Å². The van der Waals surface area contributed by atoms with Crippen molar-refractivity contribution in [1.29, 1.82) is 0 Å². The van der Waals surface area contributed by atoms with E-state index in [4.69, 9.17) is 14.6 Å². The molecule has 1 unspecified atom stereocenters. The minimum Gasteiger partial charge on any atom is -0.493 e. The molecule has 0 radical (unpaired) electrons. The van der Waals surface area contributed by atoms with Crippen LogP contribution in [0.3, 0.4) is 0 Å². The summed E-state index contributed by atoms with van der Waals surface area (Å²) < 4.78 is 11.3. The standard InChI is InChI=1S/C18H26N2O3S.2ClH/c1-14(21)11-19-7-8-20-12-15-5-6-17(18(10-15)22-2)23-13-16-4-3-9-24-16;;/h3-6,9-10,14,19-21H,7-8,11-13H2,1-2H3;2*1H. The van der Waals surface area contributed by atoms with Gasteiger partial charge in [-0.2, -0.15) is 0 Å². The molecule has 148 valence electrons. The zero-order valence-corrected chi connectivity index (χ0v) is 17.5. The van der Waals surface area contributed by atoms with Crippen LogP contribution in [0.5, 0.6) is 11.5 Å². The Kier molecular flexibility index (Phi) is 13.5. The van der Waals surface area contributed by atoms with Crippen molar-refractivity contribution in [2.24, 2.45) is 0 Å². The van der Waals surface area contributed by atoms with Gasteiger partial charge in [0, 0.05) is 31.1 Å². The number of hydrogen-bond donors (Lipinski definition) is 3. The summed E-state index contributed by atoms with van der Waals surface area (Å²) in [6, 6.07) is 10.1. The van der Waals surface area contributed by atoms with E-state index in [2.05, 4.69) is 16.7 Å². The maximum absolute atomic E-state index is 9.17. The highest BCUT2D eigenvalue weighted by atomic mass is 35.5. The average Bonchev–Trinajstić information content (AvgIpc) is 3.09. The third kappa shape index (κ3) is 9.07. The molecule has 0 aliphatic heterocycles. The summed E-state index contributed by atoms with van der Waals surface area (Å²) in [4.78, 5) is 1.19. The van der Waals surface area contributed by atoms with Gasteiger partial charge in [-0.3, -0.25) is 0 Å². The Morgan fingerprint density at radius 1 is 1.12 bits per heavy atom. The van der Waals surface area contributed by atoms with Gasteiger partial charge in [0.15, 0.2) is 11.5 Å². The van der Waals surface area contributed by atoms with Gasteiger partial charge in [0.1, 0.15) is 6.61 Å². The van der Waals surface area contributed by atoms with E-state index in [-0.39, 0.29) is 30.9 Å². The highest BCUT2D eigenvalue weighted by molar-refractivity contribution is 7.09. The molecule has 0 aliphatic carbocycles. The number of thiophene rings is 1. The minimum atomic E-state index is -0.309. The fourth-order valence-corrected chi connectivity index (χ4v) is 2.82. The van der Waals surface area contributed by atoms with Crippen molar-refractivity contribution in [1.82, 2.24) is 10.6 Å². The predicted octanol–water partition coefficient (Wildman–Crippen LogP) is 3.24. The van der Waals surface area contributed by atoms with Gasteiger partial charge < -0.3 is 25.2 Å². The first-order chi connectivity index (χ1) is 11.7. The molecule has 1 heterocycles. The summed E-state index contributed by atoms with van der Waals surface area (Å²) in [5.41, 5.74) is 1.14. The number of hydrogen-bond acceptors (Lipinski definition) is 6. The zero-order valence-electron chi connectivity index (χ0n) is 15.1. The zero-order chi connectivity index (χ0) is 17.2. The lowest BCUT2D eigenvalue weighted by molar-refractivity contribution is 0.191. The van der Waals surface area contributed by atoms with Gasteiger partial charge in [-0.25, -0.2) is 0 Å². The van der Waals surface area contributed by atoms with E-state index >= 15 is 0 Å². The number of aliphatic hydroxyl groups is 1. The quantitative estimate of drug-likeness (QED) is 0.485. The van der Waals surface area contributed by atoms with E-state index in [1.165, 1.54) is 4.88 Å². The van der Waals surface area contributed by atoms with Crippen molar-refractivity contribution in [2.45, 2.75) is 26.2 Å². The Labute approximate surface area is 171 Å². The molecule has 5 nitrogen and oxygen atoms in total. The van der Waals surface area contributed by atoms with Gasteiger partial charge in [0.2, 0.25) is 0 Å². The highest BCUT2D eigenvalue weighted by Gasteiger charge is 2.06. The molecular weight excluding hydrogens is 395 g/mol. The van der Waals surface area contributed by atoms with Crippen molar-refractivity contribution in [3.8, 4) is 11.5 Å². The monoisotopic (exact) mass is 422 g/mol. The molecule has 2 rings (SSSR count). The molecule has 0 saturated heterocycles. The molecule has 0 spiro atoms. The lowest BCUT2D eigenvalue weighted by Crippen LogP contribution is -2.31. The van der Waals surface area contributed by atoms with Crippen LogP contribution in [-0.4, -0.2) is 38.0 Å². The van der Waals surface area contributed by atoms with Crippen LogP contribution in [0.15, 0.2) is 35.7 Å². The van der Waals surface area contributed by atoms with E-state index in [1.807, 2.05) is 29.6 Å². The smallest absolute Gasteiger partial charge is 0.161 e. The van der Waals surface area contributed by atoms with E-state index in [9.17, 15) is 0 Å². The second kappa shape index (κ2) is 14.1. The predicted molar refractivity (Wildman–Crippen MR) is 112 cm³/mol. The third-order valence-corrected chi connectivity index (χ3v) is 4.28. The Bertz CT molecular complexity index is 598. The summed E-state index contributed by atoms with van der Waals surface area (Å²) in [5.74, 6) is 1.51. The summed E-state index contributed by atoms with van der Waals surface area (Å²) >= 11 is 1.68. The molecule has 0 aliphatic rings. The molecular formula is C18H28Cl2N2O3S. The molecule has 8 heteroatoms. The van der Waals surface area contributed by atoms with Crippen molar-refractivity contribution in [3.63, 3.8) is 0 Å². The minimum absolute atomic E-state index is 0. The molecule has 1 aromatic heterocycles. The van der Waals surface area contributed by atoms with Gasteiger partial charge in [0.05, 0.1) is 13.2 Å². The van der Waals surface area contributed by atoms with Crippen molar-refractivity contribution < 1.29 is 14.6 Å². The fraction of sp³-hybridized carbons (Fsp3) is 0.444. The third-order valence-electron chi connectivity index (χ3n) is 3.43. The van der Waals surface area contributed by atoms with Crippen molar-refractivity contribution >= 4 is 36.2 Å². The van der Waals surface area contributed by atoms with Crippen molar-refractivity contribution in [3.05, 3.63) is 46.2 Å². The first-order valence-electron chi connectivity index (χ1n) is 8.10. The van der Waals surface area contributed by atoms with Gasteiger partial charge in [-0.1, -0.05) is 12.1 Å². The van der Waals surface area contributed by atoms with Gasteiger partial charge in [-0.15, -0.1) is 36.2 Å². The average molecular weight is 423 g/mol. The van der Waals surface area contributed by atoms with Crippen LogP contribution in [0.25, 0.3) is 0 Å². The molecule has 26 heavy (non-hydrogen) atoms. The lowest BCUT2D eigenvalue weighted by atomic mass is 10.2. The highest BCUT2D eigenvalue weighted by Crippen LogP contribution is 2.29. The molecule has 2 aromatic rings. The second-order valence-electron chi connectivity index (χ2n) is 5.58. The van der Waals surface area contributed by atoms with E-state index in [1.54, 1.807) is 25.4 Å². The number of rotatable bonds is 11. The van der Waals surface area contributed by atoms with Crippen LogP contribution < -0.4 is 20.1 Å². The molecule has 1 aromatic carbocycles. The van der Waals surface area contributed by atoms with Crippen LogP contribution in [0.4, 0.5) is 0 Å². The van der Waals surface area contributed by atoms with Crippen molar-refractivity contribution in [2.75, 3.05) is 26.7 Å². The van der Waals surface area contributed by atoms with E-state index in [0.29, 0.717) is 13.2 Å². The van der Waals surface area contributed by atoms with Crippen LogP contribution in [0.2, 0.25) is 0 Å². The Morgan fingerprint density at radius 3 is 2.54 bits per heavy atom. The number of benzene rings is 1. The summed E-state index contributed by atoms with van der Waals surface area (Å²) in [5, 5.41) is 17.7. The van der Waals surface area contributed by atoms with Gasteiger partial charge in [0.25, 0.3) is 0 Å². The maximum Gasteiger partial charge on any atom is 0.161 e. The normalized spacial score (nSPS) is 11.2. The molecule has 0 fully saturated rings. The van der Waals surface area contributed by atoms with Crippen LogP contribution >= 0.6 is 36.2 Å². The SMILES string of the molecule is COc1cc(CNCCNCC(C)O)ccc1OCc1cccs1.Cl.Cl. The molecule has 1 atom stereocenters. The number of aliphatic hydroxyl groups excluding tert-OH is 1. The number of halogens is 2. The second-order valence-corrected chi connectivity index (χ2v) is 6.62. The number of methoxy groups -OCH3 is 1. The molecule has 3 N–H and O–H groups in total. The van der Waals surface area contributed by atoms with Gasteiger partial charge >= 0.3 is 0 Å². The first-order valence-corrected chi connectivity index (χ1v) is 8.98. The van der Waals surface area contributed by atoms with E-state index < -0.39 is 0 Å². The largest absolute Gasteiger partial charge is 0.493 e. The summed E-state index contributed by atoms with van der Waals surface area (Å²) in [6.07, 6.45) is -0.309. The first kappa shape index (κ1) is 25.0. The Balaban J connectivity index is 0.00000312. The van der Waals surface area contributed by atoms with E-state index in [0.717, 1.165) is 36.7 Å². The number of nitrogens with one attached hydrogen (secondary N) is 2. The maximum atomic E-state index is 9.17. The molecule has 0 amide bonds. The van der Waals surface area contributed by atoms with Crippen LogP contribution in [-0.2, 0) is 13.2 Å². The molecule has 0 bridgehead atoms. The van der Waals surface area contributed by atoms with Crippen LogP contribution in [0.1, 0.15) is 17.4 Å². The lowest BCUT2D eigenvalue weighted by Gasteiger charge is -2.12. The Hall–Kier alpha value is -1.02. The summed E-state index contributed by atoms with van der Waals surface area (Å²) in [7, 11) is 1.66. The fourth-order valence-electron chi connectivity index (χ4n) is 2.21.